The Balaban J connectivity index is 1.89. The van der Waals surface area contributed by atoms with Crippen molar-refractivity contribution < 1.29 is 14.3 Å². The molecule has 0 aliphatic heterocycles. The summed E-state index contributed by atoms with van der Waals surface area (Å²) in [5.74, 6) is 1.50. The number of rotatable bonds is 8. The highest BCUT2D eigenvalue weighted by Gasteiger charge is 2.07. The first-order valence-electron chi connectivity index (χ1n) is 8.13. The Hall–Kier alpha value is -2.56. The van der Waals surface area contributed by atoms with E-state index < -0.39 is 0 Å². The molecular formula is C19H24N2O3. The number of amides is 1. The van der Waals surface area contributed by atoms with E-state index in [0.717, 1.165) is 29.0 Å². The number of methoxy groups -OCH3 is 1. The third kappa shape index (κ3) is 5.26. The van der Waals surface area contributed by atoms with E-state index in [9.17, 15) is 4.79 Å². The van der Waals surface area contributed by atoms with Gasteiger partial charge in [0.1, 0.15) is 11.5 Å². The van der Waals surface area contributed by atoms with Crippen LogP contribution in [-0.2, 0) is 11.2 Å². The molecule has 0 bridgehead atoms. The highest BCUT2D eigenvalue weighted by Crippen LogP contribution is 2.22. The molecule has 0 saturated heterocycles. The molecule has 1 aromatic heterocycles. The number of nitrogens with one attached hydrogen (secondary N) is 1. The first kappa shape index (κ1) is 17.8. The standard InChI is InChI=1S/C19H24N2O3/c1-4-9-24-16-6-7-18(14(2)10-16)21-19(22)8-5-15-11-17(23-3)13-20-12-15/h6-7,10-13H,4-5,8-9H2,1-3H3,(H,21,22). The summed E-state index contributed by atoms with van der Waals surface area (Å²) in [7, 11) is 1.60. The molecule has 5 heteroatoms. The molecule has 2 aromatic rings. The third-order valence-electron chi connectivity index (χ3n) is 3.59. The van der Waals surface area contributed by atoms with Crippen molar-refractivity contribution in [1.82, 2.24) is 4.98 Å². The smallest absolute Gasteiger partial charge is 0.224 e. The van der Waals surface area contributed by atoms with Crippen molar-refractivity contribution in [2.24, 2.45) is 0 Å². The van der Waals surface area contributed by atoms with Crippen LogP contribution >= 0.6 is 0 Å². The van der Waals surface area contributed by atoms with Crippen LogP contribution in [0.15, 0.2) is 36.7 Å². The molecule has 0 unspecified atom stereocenters. The SMILES string of the molecule is CCCOc1ccc(NC(=O)CCc2cncc(OC)c2)c(C)c1. The number of carbonyl (C=O) groups is 1. The number of pyridine rings is 1. The van der Waals surface area contributed by atoms with Crippen LogP contribution in [0, 0.1) is 6.92 Å². The second-order valence-electron chi connectivity index (χ2n) is 5.61. The Kier molecular flexibility index (Phi) is 6.61. The van der Waals surface area contributed by atoms with Crippen LogP contribution in [0.5, 0.6) is 11.5 Å². The van der Waals surface area contributed by atoms with Crippen molar-refractivity contribution in [2.75, 3.05) is 19.0 Å². The zero-order valence-electron chi connectivity index (χ0n) is 14.5. The summed E-state index contributed by atoms with van der Waals surface area (Å²) < 4.78 is 10.7. The molecule has 1 amide bonds. The molecule has 24 heavy (non-hydrogen) atoms. The third-order valence-corrected chi connectivity index (χ3v) is 3.59. The van der Waals surface area contributed by atoms with E-state index >= 15 is 0 Å². The second kappa shape index (κ2) is 8.91. The van der Waals surface area contributed by atoms with Gasteiger partial charge in [-0.1, -0.05) is 6.92 Å². The zero-order valence-corrected chi connectivity index (χ0v) is 14.5. The van der Waals surface area contributed by atoms with Crippen molar-refractivity contribution in [3.8, 4) is 11.5 Å². The van der Waals surface area contributed by atoms with Gasteiger partial charge in [-0.15, -0.1) is 0 Å². The van der Waals surface area contributed by atoms with E-state index in [0.29, 0.717) is 25.2 Å². The van der Waals surface area contributed by atoms with Gasteiger partial charge in [0.25, 0.3) is 0 Å². The Morgan fingerprint density at radius 2 is 2.04 bits per heavy atom. The van der Waals surface area contributed by atoms with E-state index in [1.54, 1.807) is 19.5 Å². The number of hydrogen-bond donors (Lipinski definition) is 1. The zero-order chi connectivity index (χ0) is 17.4. The summed E-state index contributed by atoms with van der Waals surface area (Å²) >= 11 is 0. The van der Waals surface area contributed by atoms with Crippen LogP contribution in [-0.4, -0.2) is 24.6 Å². The Bertz CT molecular complexity index is 686. The summed E-state index contributed by atoms with van der Waals surface area (Å²) in [4.78, 5) is 16.3. The number of benzene rings is 1. The molecule has 0 spiro atoms. The highest BCUT2D eigenvalue weighted by molar-refractivity contribution is 5.91. The molecule has 0 fully saturated rings. The van der Waals surface area contributed by atoms with Crippen LogP contribution in [0.2, 0.25) is 0 Å². The first-order chi connectivity index (χ1) is 11.6. The largest absolute Gasteiger partial charge is 0.495 e. The molecule has 0 aliphatic rings. The average molecular weight is 328 g/mol. The van der Waals surface area contributed by atoms with Gasteiger partial charge in [-0.3, -0.25) is 9.78 Å². The molecule has 1 N–H and O–H groups in total. The number of anilines is 1. The minimum Gasteiger partial charge on any atom is -0.495 e. The molecule has 2 rings (SSSR count). The van der Waals surface area contributed by atoms with Gasteiger partial charge in [-0.25, -0.2) is 0 Å². The Labute approximate surface area is 143 Å². The number of carbonyl (C=O) groups excluding carboxylic acids is 1. The normalized spacial score (nSPS) is 10.3. The van der Waals surface area contributed by atoms with Crippen LogP contribution in [0.25, 0.3) is 0 Å². The molecule has 0 saturated carbocycles. The van der Waals surface area contributed by atoms with Crippen LogP contribution in [0.3, 0.4) is 0 Å². The lowest BCUT2D eigenvalue weighted by atomic mass is 10.1. The van der Waals surface area contributed by atoms with E-state index in [2.05, 4.69) is 17.2 Å². The number of aryl methyl sites for hydroxylation is 2. The Morgan fingerprint density at radius 1 is 1.21 bits per heavy atom. The van der Waals surface area contributed by atoms with Crippen LogP contribution < -0.4 is 14.8 Å². The quantitative estimate of drug-likeness (QED) is 0.801. The number of nitrogens with zero attached hydrogens (tertiary/aromatic N) is 1. The Morgan fingerprint density at radius 3 is 2.75 bits per heavy atom. The van der Waals surface area contributed by atoms with E-state index in [-0.39, 0.29) is 5.91 Å². The monoisotopic (exact) mass is 328 g/mol. The lowest BCUT2D eigenvalue weighted by molar-refractivity contribution is -0.116. The van der Waals surface area contributed by atoms with Gasteiger partial charge in [0.15, 0.2) is 0 Å². The molecule has 0 aliphatic carbocycles. The van der Waals surface area contributed by atoms with Crippen molar-refractivity contribution in [2.45, 2.75) is 33.1 Å². The maximum absolute atomic E-state index is 12.2. The van der Waals surface area contributed by atoms with E-state index in [4.69, 9.17) is 9.47 Å². The highest BCUT2D eigenvalue weighted by atomic mass is 16.5. The lowest BCUT2D eigenvalue weighted by Gasteiger charge is -2.11. The predicted molar refractivity (Wildman–Crippen MR) is 94.7 cm³/mol. The fourth-order valence-corrected chi connectivity index (χ4v) is 2.27. The minimum atomic E-state index is -0.0249. The molecule has 1 heterocycles. The molecule has 5 nitrogen and oxygen atoms in total. The minimum absolute atomic E-state index is 0.0249. The molecule has 128 valence electrons. The van der Waals surface area contributed by atoms with Crippen LogP contribution in [0.4, 0.5) is 5.69 Å². The topological polar surface area (TPSA) is 60.5 Å². The van der Waals surface area contributed by atoms with Crippen molar-refractivity contribution in [3.63, 3.8) is 0 Å². The summed E-state index contributed by atoms with van der Waals surface area (Å²) in [6.45, 7) is 4.72. The van der Waals surface area contributed by atoms with Gasteiger partial charge < -0.3 is 14.8 Å². The van der Waals surface area contributed by atoms with Gasteiger partial charge in [-0.2, -0.15) is 0 Å². The number of hydrogen-bond acceptors (Lipinski definition) is 4. The van der Waals surface area contributed by atoms with Gasteiger partial charge in [-0.05, 0) is 55.2 Å². The number of ether oxygens (including phenoxy) is 2. The van der Waals surface area contributed by atoms with Crippen molar-refractivity contribution in [3.05, 3.63) is 47.8 Å². The van der Waals surface area contributed by atoms with Crippen molar-refractivity contribution in [1.29, 1.82) is 0 Å². The van der Waals surface area contributed by atoms with Gasteiger partial charge >= 0.3 is 0 Å². The molecule has 1 aromatic carbocycles. The predicted octanol–water partition coefficient (Wildman–Crippen LogP) is 3.76. The second-order valence-corrected chi connectivity index (χ2v) is 5.61. The van der Waals surface area contributed by atoms with E-state index in [1.165, 1.54) is 0 Å². The van der Waals surface area contributed by atoms with Crippen LogP contribution in [0.1, 0.15) is 30.9 Å². The van der Waals surface area contributed by atoms with Crippen molar-refractivity contribution >= 4 is 11.6 Å². The van der Waals surface area contributed by atoms with Gasteiger partial charge in [0, 0.05) is 18.3 Å². The molecule has 0 radical (unpaired) electrons. The van der Waals surface area contributed by atoms with Gasteiger partial charge in [0.05, 0.1) is 19.9 Å². The summed E-state index contributed by atoms with van der Waals surface area (Å²) in [5.41, 5.74) is 2.78. The summed E-state index contributed by atoms with van der Waals surface area (Å²) in [5, 5.41) is 2.95. The fourth-order valence-electron chi connectivity index (χ4n) is 2.27. The fraction of sp³-hybridized carbons (Fsp3) is 0.368. The van der Waals surface area contributed by atoms with E-state index in [1.807, 2.05) is 31.2 Å². The number of aromatic nitrogens is 1. The maximum Gasteiger partial charge on any atom is 0.224 e. The molecular weight excluding hydrogens is 304 g/mol. The summed E-state index contributed by atoms with van der Waals surface area (Å²) in [6, 6.07) is 7.60. The first-order valence-corrected chi connectivity index (χ1v) is 8.13. The van der Waals surface area contributed by atoms with Gasteiger partial charge in [0.2, 0.25) is 5.91 Å². The average Bonchev–Trinajstić information content (AvgIpc) is 2.60. The lowest BCUT2D eigenvalue weighted by Crippen LogP contribution is -2.13. The summed E-state index contributed by atoms with van der Waals surface area (Å²) in [6.07, 6.45) is 5.38. The maximum atomic E-state index is 12.2. The molecule has 0 atom stereocenters.